The van der Waals surface area contributed by atoms with E-state index in [1.807, 2.05) is 0 Å². The van der Waals surface area contributed by atoms with Crippen LogP contribution in [0, 0.1) is 0 Å². The molecule has 0 aliphatic heterocycles. The first-order valence-electron chi connectivity index (χ1n) is 2.91. The second kappa shape index (κ2) is 2.84. The van der Waals surface area contributed by atoms with Crippen molar-refractivity contribution >= 4 is 11.6 Å². The van der Waals surface area contributed by atoms with E-state index in [1.165, 1.54) is 10.9 Å². The van der Waals surface area contributed by atoms with Crippen molar-refractivity contribution in [2.24, 2.45) is 0 Å². The Labute approximate surface area is 67.7 Å². The third kappa shape index (κ3) is 1.88. The summed E-state index contributed by atoms with van der Waals surface area (Å²) in [7, 11) is 0. The fraction of sp³-hybridized carbons (Fsp3) is 0.167. The molecule has 0 saturated carbocycles. The number of halogens is 1. The topological polar surface area (TPSA) is 58.0 Å². The summed E-state index contributed by atoms with van der Waals surface area (Å²) in [5.41, 5.74) is -0.525. The molecule has 0 fully saturated rings. The number of hydrogen-bond acceptors (Lipinski definition) is 2. The van der Waals surface area contributed by atoms with Crippen molar-refractivity contribution in [2.75, 3.05) is 0 Å². The van der Waals surface area contributed by atoms with E-state index in [4.69, 9.17) is 16.7 Å². The highest BCUT2D eigenvalue weighted by Crippen LogP contribution is 2.03. The summed E-state index contributed by atoms with van der Waals surface area (Å²) < 4.78 is 1.35. The molecule has 1 aromatic rings. The minimum atomic E-state index is -0.525. The van der Waals surface area contributed by atoms with E-state index >= 15 is 0 Å². The van der Waals surface area contributed by atoms with Gasteiger partial charge in [-0.3, -0.25) is 14.6 Å². The number of nitrogens with zero attached hydrogens (tertiary/aromatic N) is 1. The molecule has 1 rings (SSSR count). The molecule has 0 aliphatic rings. The lowest BCUT2D eigenvalue weighted by molar-refractivity contribution is 0.469. The molecule has 0 radical (unpaired) electrons. The van der Waals surface area contributed by atoms with Crippen molar-refractivity contribution in [2.45, 2.75) is 6.54 Å². The number of hydrogen-bond donors (Lipinski definition) is 2. The number of aromatic hydroxyl groups is 1. The van der Waals surface area contributed by atoms with Crippen molar-refractivity contribution in [3.05, 3.63) is 28.2 Å². The maximum atomic E-state index is 10.6. The molecule has 2 N–H and O–H groups in total. The van der Waals surface area contributed by atoms with Gasteiger partial charge in [0.25, 0.3) is 0 Å². The largest absolute Gasteiger partial charge is 0.502 e. The number of H-pyrrole nitrogens is 1. The fourth-order valence-corrected chi connectivity index (χ4v) is 0.825. The van der Waals surface area contributed by atoms with Crippen LogP contribution in [0.4, 0.5) is 0 Å². The Balaban J connectivity index is 2.89. The number of aromatic amines is 1. The summed E-state index contributed by atoms with van der Waals surface area (Å²) >= 11 is 5.45. The van der Waals surface area contributed by atoms with Crippen LogP contribution in [-0.2, 0) is 6.54 Å². The Morgan fingerprint density at radius 1 is 1.91 bits per heavy atom. The lowest BCUT2D eigenvalue weighted by Crippen LogP contribution is -2.05. The van der Waals surface area contributed by atoms with E-state index in [2.05, 4.69) is 11.7 Å². The third-order valence-electron chi connectivity index (χ3n) is 1.10. The van der Waals surface area contributed by atoms with Gasteiger partial charge < -0.3 is 5.11 Å². The minimum Gasteiger partial charge on any atom is -0.502 e. The van der Waals surface area contributed by atoms with E-state index in [1.54, 1.807) is 0 Å². The monoisotopic (exact) mass is 174 g/mol. The molecule has 11 heavy (non-hydrogen) atoms. The van der Waals surface area contributed by atoms with Gasteiger partial charge in [0, 0.05) is 5.03 Å². The zero-order valence-corrected chi connectivity index (χ0v) is 6.43. The Morgan fingerprint density at radius 3 is 2.91 bits per heavy atom. The van der Waals surface area contributed by atoms with Crippen LogP contribution >= 0.6 is 11.6 Å². The maximum Gasteiger partial charge on any atom is 0.306 e. The van der Waals surface area contributed by atoms with Crippen LogP contribution in [0.3, 0.4) is 0 Å². The summed E-state index contributed by atoms with van der Waals surface area (Å²) in [4.78, 5) is 10.6. The van der Waals surface area contributed by atoms with Crippen molar-refractivity contribution in [3.63, 3.8) is 0 Å². The highest BCUT2D eigenvalue weighted by atomic mass is 35.5. The Bertz CT molecular complexity index is 326. The summed E-state index contributed by atoms with van der Waals surface area (Å²) in [6.45, 7) is 3.72. The SMILES string of the molecule is C=C(Cl)Cn1cc(O)c(=O)[nH]1. The van der Waals surface area contributed by atoms with Gasteiger partial charge in [0.15, 0.2) is 0 Å². The first kappa shape index (κ1) is 7.94. The molecule has 5 heteroatoms. The number of aromatic nitrogens is 2. The lowest BCUT2D eigenvalue weighted by Gasteiger charge is -1.96. The van der Waals surface area contributed by atoms with Crippen LogP contribution in [0.15, 0.2) is 22.6 Å². The van der Waals surface area contributed by atoms with Crippen LogP contribution in [0.2, 0.25) is 0 Å². The van der Waals surface area contributed by atoms with E-state index < -0.39 is 5.56 Å². The van der Waals surface area contributed by atoms with Crippen LogP contribution in [0.25, 0.3) is 0 Å². The smallest absolute Gasteiger partial charge is 0.306 e. The van der Waals surface area contributed by atoms with E-state index in [-0.39, 0.29) is 12.3 Å². The Kier molecular flexibility index (Phi) is 2.05. The highest BCUT2D eigenvalue weighted by Gasteiger charge is 2.00. The Hall–Kier alpha value is -1.16. The molecule has 0 saturated heterocycles. The molecule has 0 spiro atoms. The summed E-state index contributed by atoms with van der Waals surface area (Å²) in [5.74, 6) is -0.317. The second-order valence-electron chi connectivity index (χ2n) is 2.10. The van der Waals surface area contributed by atoms with Gasteiger partial charge in [0.1, 0.15) is 0 Å². The van der Waals surface area contributed by atoms with Gasteiger partial charge in [-0.05, 0) is 0 Å². The molecule has 4 nitrogen and oxygen atoms in total. The van der Waals surface area contributed by atoms with Crippen LogP contribution in [0.5, 0.6) is 5.75 Å². The quantitative estimate of drug-likeness (QED) is 0.691. The molecule has 0 aromatic carbocycles. The third-order valence-corrected chi connectivity index (χ3v) is 1.22. The highest BCUT2D eigenvalue weighted by molar-refractivity contribution is 6.29. The zero-order chi connectivity index (χ0) is 8.43. The molecule has 0 aliphatic carbocycles. The molecule has 0 amide bonds. The standard InChI is InChI=1S/C6H7ClN2O2/c1-4(7)2-9-3-5(10)6(11)8-9/h3,10H,1-2H2,(H,8,11). The minimum absolute atomic E-state index is 0.289. The van der Waals surface area contributed by atoms with Gasteiger partial charge in [-0.25, -0.2) is 0 Å². The fourth-order valence-electron chi connectivity index (χ4n) is 0.696. The van der Waals surface area contributed by atoms with E-state index in [0.717, 1.165) is 0 Å². The van der Waals surface area contributed by atoms with Crippen molar-refractivity contribution in [3.8, 4) is 5.75 Å². The number of nitrogens with one attached hydrogen (secondary N) is 1. The molecule has 1 heterocycles. The average Bonchev–Trinajstić information content (AvgIpc) is 2.10. The molecule has 60 valence electrons. The van der Waals surface area contributed by atoms with Crippen LogP contribution in [-0.4, -0.2) is 14.9 Å². The van der Waals surface area contributed by atoms with Gasteiger partial charge in [-0.1, -0.05) is 18.2 Å². The van der Waals surface area contributed by atoms with Gasteiger partial charge in [-0.2, -0.15) is 0 Å². The molecular weight excluding hydrogens is 168 g/mol. The first-order chi connectivity index (χ1) is 5.09. The molecule has 0 bridgehead atoms. The zero-order valence-electron chi connectivity index (χ0n) is 5.67. The summed E-state index contributed by atoms with van der Waals surface area (Å²) in [6.07, 6.45) is 1.26. The molecule has 0 unspecified atom stereocenters. The average molecular weight is 175 g/mol. The summed E-state index contributed by atoms with van der Waals surface area (Å²) in [6, 6.07) is 0. The maximum absolute atomic E-state index is 10.6. The van der Waals surface area contributed by atoms with E-state index in [0.29, 0.717) is 5.03 Å². The first-order valence-corrected chi connectivity index (χ1v) is 3.29. The van der Waals surface area contributed by atoms with Gasteiger partial charge in [-0.15, -0.1) is 0 Å². The summed E-state index contributed by atoms with van der Waals surface area (Å²) in [5, 5.41) is 11.5. The Morgan fingerprint density at radius 2 is 2.55 bits per heavy atom. The van der Waals surface area contributed by atoms with Crippen molar-refractivity contribution in [1.29, 1.82) is 0 Å². The molecule has 1 aromatic heterocycles. The predicted octanol–water partition coefficient (Wildman–Crippen LogP) is 0.635. The number of allylic oxidation sites excluding steroid dienone is 1. The number of rotatable bonds is 2. The molecule has 0 atom stereocenters. The molecular formula is C6H7ClN2O2. The van der Waals surface area contributed by atoms with Crippen LogP contribution in [0.1, 0.15) is 0 Å². The van der Waals surface area contributed by atoms with Crippen LogP contribution < -0.4 is 5.56 Å². The van der Waals surface area contributed by atoms with Gasteiger partial charge in [0.2, 0.25) is 5.75 Å². The predicted molar refractivity (Wildman–Crippen MR) is 41.7 cm³/mol. The normalized spacial score (nSPS) is 9.91. The van der Waals surface area contributed by atoms with Gasteiger partial charge in [0.05, 0.1) is 12.7 Å². The van der Waals surface area contributed by atoms with Crippen molar-refractivity contribution < 1.29 is 5.11 Å². The van der Waals surface area contributed by atoms with Gasteiger partial charge >= 0.3 is 5.56 Å². The second-order valence-corrected chi connectivity index (χ2v) is 2.63. The van der Waals surface area contributed by atoms with Crippen molar-refractivity contribution in [1.82, 2.24) is 9.78 Å². The van der Waals surface area contributed by atoms with E-state index in [9.17, 15) is 4.79 Å². The lowest BCUT2D eigenvalue weighted by atomic mass is 10.6.